The molecular weight excluding hydrogens is 296 g/mol. The Morgan fingerprint density at radius 1 is 1.23 bits per heavy atom. The number of amides is 2. The summed E-state index contributed by atoms with van der Waals surface area (Å²) in [4.78, 5) is 21.8. The lowest BCUT2D eigenvalue weighted by molar-refractivity contribution is 0.252. The molecule has 0 saturated carbocycles. The minimum absolute atomic E-state index is 0.176. The number of nitrogens with zero attached hydrogens (tertiary/aromatic N) is 2. The Balaban J connectivity index is 1.38. The fourth-order valence-electron chi connectivity index (χ4n) is 2.56. The molecule has 22 heavy (non-hydrogen) atoms. The lowest BCUT2D eigenvalue weighted by atomic mass is 10.0. The highest BCUT2D eigenvalue weighted by atomic mass is 32.1. The number of fused-ring (bicyclic) bond motifs is 1. The van der Waals surface area contributed by atoms with Gasteiger partial charge in [0.25, 0.3) is 0 Å². The van der Waals surface area contributed by atoms with Crippen molar-refractivity contribution in [3.8, 4) is 0 Å². The SMILES string of the molecule is O=C(NCCCc1nc2c(s1)CCCC2)Nc1ccncc1. The number of hydrogen-bond donors (Lipinski definition) is 2. The second-order valence-corrected chi connectivity index (χ2v) is 6.57. The summed E-state index contributed by atoms with van der Waals surface area (Å²) in [6.07, 6.45) is 10.1. The number of rotatable bonds is 5. The summed E-state index contributed by atoms with van der Waals surface area (Å²) in [7, 11) is 0. The van der Waals surface area contributed by atoms with E-state index in [1.807, 2.05) is 11.3 Å². The summed E-state index contributed by atoms with van der Waals surface area (Å²) in [5.41, 5.74) is 2.06. The molecule has 2 aromatic heterocycles. The predicted octanol–water partition coefficient (Wildman–Crippen LogP) is 3.17. The van der Waals surface area contributed by atoms with Gasteiger partial charge in [0, 0.05) is 35.9 Å². The van der Waals surface area contributed by atoms with Crippen LogP contribution in [0.25, 0.3) is 0 Å². The Hall–Kier alpha value is -1.95. The molecular formula is C16H20N4OS. The van der Waals surface area contributed by atoms with E-state index in [2.05, 4.69) is 15.6 Å². The molecule has 0 aromatic carbocycles. The highest BCUT2D eigenvalue weighted by molar-refractivity contribution is 7.11. The Kier molecular flexibility index (Phi) is 5.00. The summed E-state index contributed by atoms with van der Waals surface area (Å²) < 4.78 is 0. The smallest absolute Gasteiger partial charge is 0.319 e. The van der Waals surface area contributed by atoms with Gasteiger partial charge in [-0.3, -0.25) is 4.98 Å². The number of carbonyl (C=O) groups excluding carboxylic acids is 1. The van der Waals surface area contributed by atoms with Crippen LogP contribution in [0.3, 0.4) is 0 Å². The minimum atomic E-state index is -0.176. The van der Waals surface area contributed by atoms with Crippen molar-refractivity contribution in [1.82, 2.24) is 15.3 Å². The molecule has 1 aliphatic carbocycles. The van der Waals surface area contributed by atoms with E-state index in [-0.39, 0.29) is 6.03 Å². The molecule has 116 valence electrons. The third-order valence-electron chi connectivity index (χ3n) is 3.68. The average molecular weight is 316 g/mol. The summed E-state index contributed by atoms with van der Waals surface area (Å²) in [5, 5.41) is 6.86. The first kappa shape index (κ1) is 15.0. The molecule has 0 unspecified atom stereocenters. The quantitative estimate of drug-likeness (QED) is 0.833. The van der Waals surface area contributed by atoms with Gasteiger partial charge in [0.1, 0.15) is 0 Å². The number of anilines is 1. The first-order valence-electron chi connectivity index (χ1n) is 7.73. The number of urea groups is 1. The van der Waals surface area contributed by atoms with Crippen molar-refractivity contribution in [2.75, 3.05) is 11.9 Å². The zero-order valence-corrected chi connectivity index (χ0v) is 13.3. The summed E-state index contributed by atoms with van der Waals surface area (Å²) in [6.45, 7) is 0.654. The van der Waals surface area contributed by atoms with Crippen LogP contribution in [-0.4, -0.2) is 22.5 Å². The lowest BCUT2D eigenvalue weighted by Crippen LogP contribution is -2.29. The molecule has 0 aliphatic heterocycles. The Labute approximate surface area is 134 Å². The van der Waals surface area contributed by atoms with Crippen LogP contribution in [0.2, 0.25) is 0 Å². The number of aromatic nitrogens is 2. The first-order chi connectivity index (χ1) is 10.8. The van der Waals surface area contributed by atoms with Crippen LogP contribution in [0.4, 0.5) is 10.5 Å². The van der Waals surface area contributed by atoms with E-state index in [1.165, 1.54) is 34.8 Å². The molecule has 2 amide bonds. The van der Waals surface area contributed by atoms with Gasteiger partial charge in [-0.25, -0.2) is 9.78 Å². The molecule has 5 nitrogen and oxygen atoms in total. The molecule has 2 heterocycles. The summed E-state index contributed by atoms with van der Waals surface area (Å²) in [6, 6.07) is 3.35. The number of carbonyl (C=O) groups is 1. The van der Waals surface area contributed by atoms with Crippen LogP contribution in [0, 0.1) is 0 Å². The molecule has 3 rings (SSSR count). The minimum Gasteiger partial charge on any atom is -0.338 e. The van der Waals surface area contributed by atoms with Crippen LogP contribution in [-0.2, 0) is 19.3 Å². The molecule has 0 atom stereocenters. The Morgan fingerprint density at radius 3 is 2.86 bits per heavy atom. The van der Waals surface area contributed by atoms with Crippen LogP contribution >= 0.6 is 11.3 Å². The topological polar surface area (TPSA) is 66.9 Å². The maximum Gasteiger partial charge on any atom is 0.319 e. The van der Waals surface area contributed by atoms with Crippen LogP contribution < -0.4 is 10.6 Å². The largest absolute Gasteiger partial charge is 0.338 e. The van der Waals surface area contributed by atoms with Gasteiger partial charge >= 0.3 is 6.03 Å². The summed E-state index contributed by atoms with van der Waals surface area (Å²) >= 11 is 1.85. The van der Waals surface area contributed by atoms with Crippen molar-refractivity contribution < 1.29 is 4.79 Å². The zero-order valence-electron chi connectivity index (χ0n) is 12.5. The Morgan fingerprint density at radius 2 is 2.05 bits per heavy atom. The van der Waals surface area contributed by atoms with Gasteiger partial charge in [-0.1, -0.05) is 0 Å². The van der Waals surface area contributed by atoms with Crippen molar-refractivity contribution in [3.63, 3.8) is 0 Å². The fourth-order valence-corrected chi connectivity index (χ4v) is 3.76. The summed E-state index contributed by atoms with van der Waals surface area (Å²) in [5.74, 6) is 0. The van der Waals surface area contributed by atoms with Crippen LogP contribution in [0.15, 0.2) is 24.5 Å². The van der Waals surface area contributed by atoms with E-state index in [4.69, 9.17) is 4.98 Å². The number of nitrogens with one attached hydrogen (secondary N) is 2. The van der Waals surface area contributed by atoms with Gasteiger partial charge in [0.2, 0.25) is 0 Å². The average Bonchev–Trinajstić information content (AvgIpc) is 2.95. The highest BCUT2D eigenvalue weighted by Gasteiger charge is 2.14. The third-order valence-corrected chi connectivity index (χ3v) is 4.90. The van der Waals surface area contributed by atoms with Gasteiger partial charge in [-0.15, -0.1) is 11.3 Å². The van der Waals surface area contributed by atoms with E-state index in [9.17, 15) is 4.79 Å². The number of aryl methyl sites for hydroxylation is 3. The van der Waals surface area contributed by atoms with E-state index in [0.717, 1.165) is 24.9 Å². The first-order valence-corrected chi connectivity index (χ1v) is 8.55. The molecule has 0 saturated heterocycles. The van der Waals surface area contributed by atoms with Crippen molar-refractivity contribution in [2.24, 2.45) is 0 Å². The van der Waals surface area contributed by atoms with Crippen LogP contribution in [0.5, 0.6) is 0 Å². The zero-order chi connectivity index (χ0) is 15.2. The third kappa shape index (κ3) is 4.04. The molecule has 2 N–H and O–H groups in total. The van der Waals surface area contributed by atoms with Crippen molar-refractivity contribution in [2.45, 2.75) is 38.5 Å². The predicted molar refractivity (Wildman–Crippen MR) is 88.3 cm³/mol. The molecule has 6 heteroatoms. The Bertz CT molecular complexity index is 603. The van der Waals surface area contributed by atoms with Gasteiger partial charge < -0.3 is 10.6 Å². The second kappa shape index (κ2) is 7.35. The molecule has 0 spiro atoms. The normalized spacial score (nSPS) is 13.5. The van der Waals surface area contributed by atoms with Crippen molar-refractivity contribution in [3.05, 3.63) is 40.1 Å². The van der Waals surface area contributed by atoms with Crippen molar-refractivity contribution in [1.29, 1.82) is 0 Å². The maximum atomic E-state index is 11.7. The molecule has 1 aliphatic rings. The molecule has 0 bridgehead atoms. The maximum absolute atomic E-state index is 11.7. The van der Waals surface area contributed by atoms with Gasteiger partial charge in [-0.2, -0.15) is 0 Å². The van der Waals surface area contributed by atoms with Gasteiger partial charge in [0.15, 0.2) is 0 Å². The van der Waals surface area contributed by atoms with E-state index in [0.29, 0.717) is 6.54 Å². The van der Waals surface area contributed by atoms with Crippen LogP contribution in [0.1, 0.15) is 34.8 Å². The second-order valence-electron chi connectivity index (χ2n) is 5.40. The van der Waals surface area contributed by atoms with Crippen molar-refractivity contribution >= 4 is 23.1 Å². The number of thiazole rings is 1. The van der Waals surface area contributed by atoms with Gasteiger partial charge in [-0.05, 0) is 44.2 Å². The number of hydrogen-bond acceptors (Lipinski definition) is 4. The highest BCUT2D eigenvalue weighted by Crippen LogP contribution is 2.27. The fraction of sp³-hybridized carbons (Fsp3) is 0.438. The molecule has 0 fully saturated rings. The van der Waals surface area contributed by atoms with Gasteiger partial charge in [0.05, 0.1) is 10.7 Å². The number of pyridine rings is 1. The van der Waals surface area contributed by atoms with E-state index in [1.54, 1.807) is 24.5 Å². The van der Waals surface area contributed by atoms with E-state index >= 15 is 0 Å². The molecule has 0 radical (unpaired) electrons. The van der Waals surface area contributed by atoms with E-state index < -0.39 is 0 Å². The monoisotopic (exact) mass is 316 g/mol. The lowest BCUT2D eigenvalue weighted by Gasteiger charge is -2.06. The molecule has 2 aromatic rings. The standard InChI is InChI=1S/C16H20N4OS/c21-16(19-12-7-10-17-11-8-12)18-9-3-6-15-20-13-4-1-2-5-14(13)22-15/h7-8,10-11H,1-6,9H2,(H2,17,18,19,21).